The van der Waals surface area contributed by atoms with Crippen LogP contribution in [0.5, 0.6) is 0 Å². The van der Waals surface area contributed by atoms with Gasteiger partial charge in [-0.2, -0.15) is 0 Å². The predicted octanol–water partition coefficient (Wildman–Crippen LogP) is 5.93. The van der Waals surface area contributed by atoms with Crippen LogP contribution in [-0.2, 0) is 6.42 Å². The number of allylic oxidation sites excluding steroid dienone is 1. The van der Waals surface area contributed by atoms with E-state index in [-0.39, 0.29) is 0 Å². The Morgan fingerprint density at radius 1 is 1.00 bits per heavy atom. The minimum Gasteiger partial charge on any atom is -0.103 e. The van der Waals surface area contributed by atoms with Gasteiger partial charge in [0.05, 0.1) is 0 Å². The molecule has 1 radical (unpaired) electrons. The van der Waals surface area contributed by atoms with Crippen molar-refractivity contribution in [1.29, 1.82) is 0 Å². The van der Waals surface area contributed by atoms with Gasteiger partial charge in [-0.05, 0) is 73.1 Å². The van der Waals surface area contributed by atoms with Gasteiger partial charge in [-0.25, -0.2) is 0 Å². The summed E-state index contributed by atoms with van der Waals surface area (Å²) in [5.41, 5.74) is 4.17. The smallest absolute Gasteiger partial charge is 0.00196 e. The van der Waals surface area contributed by atoms with Crippen molar-refractivity contribution in [2.24, 2.45) is 5.92 Å². The summed E-state index contributed by atoms with van der Waals surface area (Å²) in [5.74, 6) is 1.64. The summed E-state index contributed by atoms with van der Waals surface area (Å²) in [6.45, 7) is 3.87. The molecule has 0 atom stereocenters. The Kier molecular flexibility index (Phi) is 5.11. The number of rotatable bonds is 5. The molecule has 0 bridgehead atoms. The Hall–Kier alpha value is -1.82. The van der Waals surface area contributed by atoms with E-state index in [9.17, 15) is 0 Å². The average Bonchev–Trinajstić information content (AvgIpc) is 2.58. The average molecular weight is 289 g/mol. The molecule has 1 aliphatic carbocycles. The van der Waals surface area contributed by atoms with Crippen molar-refractivity contribution in [3.05, 3.63) is 83.9 Å². The summed E-state index contributed by atoms with van der Waals surface area (Å²) in [7, 11) is 0. The Balaban J connectivity index is 1.59. The highest BCUT2D eigenvalue weighted by Crippen LogP contribution is 2.37. The zero-order valence-corrected chi connectivity index (χ0v) is 13.3. The summed E-state index contributed by atoms with van der Waals surface area (Å²) in [6, 6.07) is 20.8. The highest BCUT2D eigenvalue weighted by molar-refractivity contribution is 5.30. The molecule has 0 nitrogen and oxygen atoms in total. The molecule has 0 unspecified atom stereocenters. The molecule has 0 aliphatic heterocycles. The first-order valence-corrected chi connectivity index (χ1v) is 8.50. The van der Waals surface area contributed by atoms with Gasteiger partial charge in [0.1, 0.15) is 0 Å². The molecule has 0 saturated heterocycles. The molecule has 1 fully saturated rings. The lowest BCUT2D eigenvalue weighted by molar-refractivity contribution is 0.328. The summed E-state index contributed by atoms with van der Waals surface area (Å²) in [4.78, 5) is 0. The zero-order chi connectivity index (χ0) is 15.2. The summed E-state index contributed by atoms with van der Waals surface area (Å²) in [5, 5.41) is 0. The van der Waals surface area contributed by atoms with Crippen molar-refractivity contribution < 1.29 is 0 Å². The standard InChI is InChI=1S/C22H25/c1-2-6-18-9-13-21(14-10-18)22-15-11-20(12-16-22)17-19-7-4-3-5-8-19/h2-5,7,11-12,15-16,18,21H,1,6,9-10,13-14,17H2/t18-,21-. The fourth-order valence-corrected chi connectivity index (χ4v) is 3.64. The van der Waals surface area contributed by atoms with Crippen molar-refractivity contribution >= 4 is 0 Å². The molecular weight excluding hydrogens is 264 g/mol. The molecule has 0 heteroatoms. The number of benzene rings is 2. The van der Waals surface area contributed by atoms with E-state index in [0.29, 0.717) is 0 Å². The molecule has 0 amide bonds. The highest BCUT2D eigenvalue weighted by atomic mass is 14.3. The van der Waals surface area contributed by atoms with Crippen molar-refractivity contribution in [3.8, 4) is 0 Å². The van der Waals surface area contributed by atoms with E-state index in [1.807, 2.05) is 12.1 Å². The Labute approximate surface area is 134 Å². The van der Waals surface area contributed by atoms with Gasteiger partial charge in [0.2, 0.25) is 0 Å². The van der Waals surface area contributed by atoms with Crippen LogP contribution in [-0.4, -0.2) is 0 Å². The second kappa shape index (κ2) is 7.45. The third-order valence-corrected chi connectivity index (χ3v) is 4.97. The lowest BCUT2D eigenvalue weighted by Gasteiger charge is -2.28. The summed E-state index contributed by atoms with van der Waals surface area (Å²) >= 11 is 0. The number of hydrogen-bond acceptors (Lipinski definition) is 0. The maximum atomic E-state index is 3.87. The minimum atomic E-state index is 0.762. The van der Waals surface area contributed by atoms with Gasteiger partial charge < -0.3 is 0 Å². The third-order valence-electron chi connectivity index (χ3n) is 4.97. The number of hydrogen-bond donors (Lipinski definition) is 0. The van der Waals surface area contributed by atoms with Gasteiger partial charge in [0.25, 0.3) is 0 Å². The van der Waals surface area contributed by atoms with Gasteiger partial charge >= 0.3 is 0 Å². The van der Waals surface area contributed by atoms with Gasteiger partial charge in [-0.15, -0.1) is 6.58 Å². The molecule has 3 rings (SSSR count). The van der Waals surface area contributed by atoms with Crippen LogP contribution < -0.4 is 0 Å². The largest absolute Gasteiger partial charge is 0.103 e. The highest BCUT2D eigenvalue weighted by Gasteiger charge is 2.21. The first kappa shape index (κ1) is 15.1. The van der Waals surface area contributed by atoms with E-state index < -0.39 is 0 Å². The molecule has 2 aromatic rings. The Morgan fingerprint density at radius 3 is 2.41 bits per heavy atom. The van der Waals surface area contributed by atoms with Crippen molar-refractivity contribution in [2.45, 2.75) is 44.4 Å². The first-order chi connectivity index (χ1) is 10.8. The normalized spacial score (nSPS) is 21.5. The van der Waals surface area contributed by atoms with E-state index in [2.05, 4.69) is 55.1 Å². The van der Waals surface area contributed by atoms with E-state index >= 15 is 0 Å². The van der Waals surface area contributed by atoms with Crippen LogP contribution in [0.15, 0.2) is 61.2 Å². The van der Waals surface area contributed by atoms with E-state index in [0.717, 1.165) is 18.3 Å². The van der Waals surface area contributed by atoms with Crippen LogP contribution in [0.2, 0.25) is 0 Å². The maximum absolute atomic E-state index is 3.87. The lowest BCUT2D eigenvalue weighted by Crippen LogP contribution is -2.12. The SMILES string of the molecule is C=CC[C@H]1CC[C@H](c2ccc(Cc3[c]cccc3)cc2)CC1. The first-order valence-electron chi connectivity index (χ1n) is 8.50. The predicted molar refractivity (Wildman–Crippen MR) is 94.0 cm³/mol. The monoisotopic (exact) mass is 289 g/mol. The third kappa shape index (κ3) is 3.88. The second-order valence-electron chi connectivity index (χ2n) is 6.55. The quantitative estimate of drug-likeness (QED) is 0.599. The summed E-state index contributed by atoms with van der Waals surface area (Å²) in [6.07, 6.45) is 9.65. The van der Waals surface area contributed by atoms with Crippen LogP contribution in [0.4, 0.5) is 0 Å². The van der Waals surface area contributed by atoms with Crippen molar-refractivity contribution in [3.63, 3.8) is 0 Å². The maximum Gasteiger partial charge on any atom is -0.00196 e. The van der Waals surface area contributed by atoms with Crippen LogP contribution in [0, 0.1) is 12.0 Å². The lowest BCUT2D eigenvalue weighted by atomic mass is 9.77. The molecule has 1 saturated carbocycles. The van der Waals surface area contributed by atoms with Crippen molar-refractivity contribution in [2.75, 3.05) is 0 Å². The minimum absolute atomic E-state index is 0.762. The molecule has 0 N–H and O–H groups in total. The van der Waals surface area contributed by atoms with E-state index in [1.54, 1.807) is 0 Å². The van der Waals surface area contributed by atoms with E-state index in [4.69, 9.17) is 0 Å². The molecule has 0 aromatic heterocycles. The topological polar surface area (TPSA) is 0 Å². The fraction of sp³-hybridized carbons (Fsp3) is 0.364. The molecule has 2 aromatic carbocycles. The fourth-order valence-electron chi connectivity index (χ4n) is 3.64. The molecular formula is C22H25. The van der Waals surface area contributed by atoms with Gasteiger partial charge in [0, 0.05) is 0 Å². The van der Waals surface area contributed by atoms with Gasteiger partial charge in [-0.1, -0.05) is 54.6 Å². The van der Waals surface area contributed by atoms with Crippen LogP contribution >= 0.6 is 0 Å². The van der Waals surface area contributed by atoms with Crippen LogP contribution in [0.1, 0.15) is 54.7 Å². The molecule has 1 aliphatic rings. The Morgan fingerprint density at radius 2 is 1.77 bits per heavy atom. The summed E-state index contributed by atoms with van der Waals surface area (Å²) < 4.78 is 0. The Bertz CT molecular complexity index is 571. The zero-order valence-electron chi connectivity index (χ0n) is 13.3. The van der Waals surface area contributed by atoms with E-state index in [1.165, 1.54) is 48.8 Å². The second-order valence-corrected chi connectivity index (χ2v) is 6.55. The molecule has 0 heterocycles. The van der Waals surface area contributed by atoms with Crippen LogP contribution in [0.25, 0.3) is 0 Å². The van der Waals surface area contributed by atoms with Gasteiger partial charge in [0.15, 0.2) is 0 Å². The molecule has 22 heavy (non-hydrogen) atoms. The van der Waals surface area contributed by atoms with Gasteiger partial charge in [-0.3, -0.25) is 0 Å². The molecule has 113 valence electrons. The molecule has 0 spiro atoms. The van der Waals surface area contributed by atoms with Crippen molar-refractivity contribution in [1.82, 2.24) is 0 Å². The van der Waals surface area contributed by atoms with Crippen LogP contribution in [0.3, 0.4) is 0 Å².